The molecule has 1 rings (SSSR count). The van der Waals surface area contributed by atoms with Gasteiger partial charge in [-0.1, -0.05) is 26.0 Å². The van der Waals surface area contributed by atoms with E-state index in [-0.39, 0.29) is 12.7 Å². The van der Waals surface area contributed by atoms with Crippen LogP contribution in [0.15, 0.2) is 29.2 Å². The fourth-order valence-electron chi connectivity index (χ4n) is 1.48. The number of hydrogen-bond acceptors (Lipinski definition) is 3. The summed E-state index contributed by atoms with van der Waals surface area (Å²) in [6.07, 6.45) is 1.20. The van der Waals surface area contributed by atoms with Gasteiger partial charge >= 0.3 is 0 Å². The molecule has 0 aliphatic rings. The van der Waals surface area contributed by atoms with Gasteiger partial charge in [-0.25, -0.2) is 0 Å². The molecule has 0 amide bonds. The summed E-state index contributed by atoms with van der Waals surface area (Å²) in [5.41, 5.74) is 0.974. The van der Waals surface area contributed by atoms with Crippen molar-refractivity contribution in [1.82, 2.24) is 0 Å². The van der Waals surface area contributed by atoms with Gasteiger partial charge in [0.05, 0.1) is 6.10 Å². The molecule has 0 saturated carbocycles. The fraction of sp³-hybridized carbons (Fsp3) is 0.538. The van der Waals surface area contributed by atoms with Crippen LogP contribution < -0.4 is 0 Å². The van der Waals surface area contributed by atoms with E-state index in [0.717, 1.165) is 18.4 Å². The van der Waals surface area contributed by atoms with Gasteiger partial charge in [-0.05, 0) is 30.5 Å². The van der Waals surface area contributed by atoms with E-state index in [1.807, 2.05) is 31.2 Å². The summed E-state index contributed by atoms with van der Waals surface area (Å²) in [6, 6.07) is 8.02. The molecule has 0 saturated heterocycles. The molecule has 0 fully saturated rings. The number of thioether (sulfide) groups is 1. The van der Waals surface area contributed by atoms with Crippen molar-refractivity contribution in [2.75, 3.05) is 6.61 Å². The van der Waals surface area contributed by atoms with E-state index in [0.29, 0.717) is 5.25 Å². The zero-order chi connectivity index (χ0) is 12.0. The topological polar surface area (TPSA) is 40.5 Å². The summed E-state index contributed by atoms with van der Waals surface area (Å²) in [5, 5.41) is 18.9. The van der Waals surface area contributed by atoms with Gasteiger partial charge in [0, 0.05) is 16.8 Å². The quantitative estimate of drug-likeness (QED) is 0.751. The number of aliphatic hydroxyl groups is 2. The highest BCUT2D eigenvalue weighted by molar-refractivity contribution is 7.99. The third kappa shape index (κ3) is 4.16. The summed E-state index contributed by atoms with van der Waals surface area (Å²) in [4.78, 5) is 1.19. The number of aliphatic hydroxyl groups excluding tert-OH is 2. The number of hydrogen-bond donors (Lipinski definition) is 2. The van der Waals surface area contributed by atoms with Crippen molar-refractivity contribution in [3.8, 4) is 0 Å². The highest BCUT2D eigenvalue weighted by Gasteiger charge is 2.06. The second-order valence-electron chi connectivity index (χ2n) is 3.93. The zero-order valence-electron chi connectivity index (χ0n) is 9.89. The Hall–Kier alpha value is -0.510. The molecule has 0 heterocycles. The molecule has 0 radical (unpaired) electrons. The SMILES string of the molecule is CC[C@H](O)c1ccc(SC(C)CCO)cc1. The first-order valence-corrected chi connectivity index (χ1v) is 6.60. The van der Waals surface area contributed by atoms with Crippen molar-refractivity contribution in [3.63, 3.8) is 0 Å². The lowest BCUT2D eigenvalue weighted by molar-refractivity contribution is 0.173. The maximum atomic E-state index is 9.65. The lowest BCUT2D eigenvalue weighted by Gasteiger charge is -2.11. The van der Waals surface area contributed by atoms with E-state index in [4.69, 9.17) is 5.11 Å². The van der Waals surface area contributed by atoms with Crippen molar-refractivity contribution in [2.45, 2.75) is 42.9 Å². The summed E-state index contributed by atoms with van der Waals surface area (Å²) >= 11 is 1.75. The van der Waals surface area contributed by atoms with Crippen molar-refractivity contribution in [1.29, 1.82) is 0 Å². The molecule has 1 aromatic rings. The van der Waals surface area contributed by atoms with Crippen LogP contribution in [0.1, 0.15) is 38.4 Å². The molecule has 2 N–H and O–H groups in total. The Bertz CT molecular complexity index is 297. The summed E-state index contributed by atoms with van der Waals surface area (Å²) in [7, 11) is 0. The summed E-state index contributed by atoms with van der Waals surface area (Å²) in [6.45, 7) is 4.31. The van der Waals surface area contributed by atoms with Gasteiger partial charge < -0.3 is 10.2 Å². The molecular weight excluding hydrogens is 220 g/mol. The maximum Gasteiger partial charge on any atom is 0.0787 e. The highest BCUT2D eigenvalue weighted by atomic mass is 32.2. The Morgan fingerprint density at radius 3 is 2.38 bits per heavy atom. The average Bonchev–Trinajstić information content (AvgIpc) is 2.29. The molecule has 1 aromatic carbocycles. The predicted octanol–water partition coefficient (Wildman–Crippen LogP) is 2.99. The number of rotatable bonds is 6. The molecule has 2 atom stereocenters. The second-order valence-corrected chi connectivity index (χ2v) is 5.45. The Kier molecular flexibility index (Phi) is 5.88. The maximum absolute atomic E-state index is 9.65. The molecule has 0 aromatic heterocycles. The smallest absolute Gasteiger partial charge is 0.0787 e. The van der Waals surface area contributed by atoms with Crippen molar-refractivity contribution < 1.29 is 10.2 Å². The molecule has 1 unspecified atom stereocenters. The molecule has 0 spiro atoms. The van der Waals surface area contributed by atoms with Gasteiger partial charge in [-0.3, -0.25) is 0 Å². The Morgan fingerprint density at radius 1 is 1.25 bits per heavy atom. The van der Waals surface area contributed by atoms with E-state index in [1.165, 1.54) is 4.90 Å². The van der Waals surface area contributed by atoms with Crippen LogP contribution in [0.2, 0.25) is 0 Å². The van der Waals surface area contributed by atoms with Gasteiger partial charge in [0.15, 0.2) is 0 Å². The third-order valence-corrected chi connectivity index (χ3v) is 3.71. The van der Waals surface area contributed by atoms with Gasteiger partial charge in [0.1, 0.15) is 0 Å². The molecule has 0 bridgehead atoms. The first-order chi connectivity index (χ1) is 7.67. The second kappa shape index (κ2) is 6.94. The van der Waals surface area contributed by atoms with Gasteiger partial charge in [-0.15, -0.1) is 11.8 Å². The van der Waals surface area contributed by atoms with Crippen LogP contribution in [-0.4, -0.2) is 22.1 Å². The molecule has 3 heteroatoms. The standard InChI is InChI=1S/C13H20O2S/c1-3-13(15)11-4-6-12(7-5-11)16-10(2)8-9-14/h4-7,10,13-15H,3,8-9H2,1-2H3/t10?,13-/m0/s1. The molecule has 90 valence electrons. The minimum Gasteiger partial charge on any atom is -0.396 e. The van der Waals surface area contributed by atoms with Gasteiger partial charge in [0.2, 0.25) is 0 Å². The van der Waals surface area contributed by atoms with Crippen LogP contribution in [-0.2, 0) is 0 Å². The fourth-order valence-corrected chi connectivity index (χ4v) is 2.46. The highest BCUT2D eigenvalue weighted by Crippen LogP contribution is 2.26. The lowest BCUT2D eigenvalue weighted by atomic mass is 10.1. The van der Waals surface area contributed by atoms with Crippen LogP contribution in [0, 0.1) is 0 Å². The predicted molar refractivity (Wildman–Crippen MR) is 68.7 cm³/mol. The average molecular weight is 240 g/mol. The number of benzene rings is 1. The van der Waals surface area contributed by atoms with Crippen LogP contribution >= 0.6 is 11.8 Å². The largest absolute Gasteiger partial charge is 0.396 e. The van der Waals surface area contributed by atoms with Crippen molar-refractivity contribution in [3.05, 3.63) is 29.8 Å². The molecule has 2 nitrogen and oxygen atoms in total. The summed E-state index contributed by atoms with van der Waals surface area (Å²) in [5.74, 6) is 0. The third-order valence-electron chi connectivity index (χ3n) is 2.52. The summed E-state index contributed by atoms with van der Waals surface area (Å²) < 4.78 is 0. The lowest BCUT2D eigenvalue weighted by Crippen LogP contribution is -1.99. The van der Waals surface area contributed by atoms with E-state index in [9.17, 15) is 5.11 Å². The first-order valence-electron chi connectivity index (χ1n) is 5.73. The minimum atomic E-state index is -0.353. The zero-order valence-corrected chi connectivity index (χ0v) is 10.7. The van der Waals surface area contributed by atoms with Gasteiger partial charge in [-0.2, -0.15) is 0 Å². The van der Waals surface area contributed by atoms with Gasteiger partial charge in [0.25, 0.3) is 0 Å². The van der Waals surface area contributed by atoms with E-state index >= 15 is 0 Å². The van der Waals surface area contributed by atoms with Crippen LogP contribution in [0.4, 0.5) is 0 Å². The molecule has 0 aliphatic carbocycles. The first kappa shape index (κ1) is 13.6. The Balaban J connectivity index is 2.57. The van der Waals surface area contributed by atoms with Crippen LogP contribution in [0.5, 0.6) is 0 Å². The Morgan fingerprint density at radius 2 is 1.88 bits per heavy atom. The molecular formula is C13H20O2S. The van der Waals surface area contributed by atoms with E-state index < -0.39 is 0 Å². The monoisotopic (exact) mass is 240 g/mol. The molecule has 16 heavy (non-hydrogen) atoms. The Labute approximate surface area is 102 Å². The van der Waals surface area contributed by atoms with Crippen LogP contribution in [0.3, 0.4) is 0 Å². The minimum absolute atomic E-state index is 0.237. The van der Waals surface area contributed by atoms with Crippen molar-refractivity contribution in [2.24, 2.45) is 0 Å². The van der Waals surface area contributed by atoms with E-state index in [2.05, 4.69) is 6.92 Å². The normalized spacial score (nSPS) is 14.8. The van der Waals surface area contributed by atoms with Crippen LogP contribution in [0.25, 0.3) is 0 Å². The molecule has 0 aliphatic heterocycles. The van der Waals surface area contributed by atoms with Crippen molar-refractivity contribution >= 4 is 11.8 Å². The van der Waals surface area contributed by atoms with E-state index in [1.54, 1.807) is 11.8 Å².